The predicted octanol–water partition coefficient (Wildman–Crippen LogP) is 5.28. The maximum atomic E-state index is 13.1. The summed E-state index contributed by atoms with van der Waals surface area (Å²) < 4.78 is 1.07. The van der Waals surface area contributed by atoms with Crippen molar-refractivity contribution >= 4 is 44.1 Å². The van der Waals surface area contributed by atoms with E-state index in [1.165, 1.54) is 0 Å². The summed E-state index contributed by atoms with van der Waals surface area (Å²) >= 11 is 1.63. The van der Waals surface area contributed by atoms with Crippen LogP contribution in [0.4, 0.5) is 5.69 Å². The Morgan fingerprint density at radius 1 is 1.08 bits per heavy atom. The quantitative estimate of drug-likeness (QED) is 0.540. The number of nitrogens with zero attached hydrogens (tertiary/aromatic N) is 2. The number of carbonyl (C=O) groups is 1. The number of benzene rings is 2. The number of pyridine rings is 1. The van der Waals surface area contributed by atoms with Crippen LogP contribution in [0.3, 0.4) is 0 Å². The van der Waals surface area contributed by atoms with Crippen LogP contribution >= 0.6 is 11.3 Å². The van der Waals surface area contributed by atoms with Gasteiger partial charge in [0.25, 0.3) is 5.91 Å². The molecule has 2 aromatic carbocycles. The van der Waals surface area contributed by atoms with Crippen LogP contribution in [0.25, 0.3) is 21.1 Å². The highest BCUT2D eigenvalue weighted by atomic mass is 32.1. The van der Waals surface area contributed by atoms with Crippen molar-refractivity contribution in [3.63, 3.8) is 0 Å². The summed E-state index contributed by atoms with van der Waals surface area (Å²) in [6.45, 7) is 6.02. The summed E-state index contributed by atoms with van der Waals surface area (Å²) in [5.74, 6) is -0.101. The first-order valence-electron chi connectivity index (χ1n) is 8.63. The Balaban J connectivity index is 1.78. The van der Waals surface area contributed by atoms with Crippen LogP contribution < -0.4 is 5.32 Å². The first-order chi connectivity index (χ1) is 12.6. The average Bonchev–Trinajstić information content (AvgIpc) is 3.00. The lowest BCUT2D eigenvalue weighted by Crippen LogP contribution is -2.15. The Hall–Kier alpha value is -2.79. The van der Waals surface area contributed by atoms with Crippen LogP contribution in [0.5, 0.6) is 0 Å². The number of anilines is 1. The van der Waals surface area contributed by atoms with E-state index in [9.17, 15) is 4.79 Å². The van der Waals surface area contributed by atoms with Gasteiger partial charge >= 0.3 is 0 Å². The zero-order valence-corrected chi connectivity index (χ0v) is 15.8. The summed E-state index contributed by atoms with van der Waals surface area (Å²) in [5.41, 5.74) is 5.20. The van der Waals surface area contributed by atoms with Crippen LogP contribution in [0.2, 0.25) is 0 Å². The van der Waals surface area contributed by atoms with Crippen LogP contribution in [-0.2, 0) is 6.42 Å². The van der Waals surface area contributed by atoms with Gasteiger partial charge in [-0.2, -0.15) is 0 Å². The molecule has 0 atom stereocenters. The number of nitrogens with one attached hydrogen (secondary N) is 1. The Labute approximate surface area is 155 Å². The second-order valence-electron chi connectivity index (χ2n) is 6.30. The van der Waals surface area contributed by atoms with Crippen molar-refractivity contribution in [3.05, 3.63) is 64.3 Å². The molecule has 0 saturated heterocycles. The lowest BCUT2D eigenvalue weighted by molar-refractivity contribution is 0.102. The Morgan fingerprint density at radius 3 is 2.69 bits per heavy atom. The van der Waals surface area contributed by atoms with Gasteiger partial charge in [-0.15, -0.1) is 11.3 Å². The molecule has 0 fully saturated rings. The topological polar surface area (TPSA) is 54.9 Å². The fraction of sp³-hybridized carbons (Fsp3) is 0.190. The summed E-state index contributed by atoms with van der Waals surface area (Å²) in [6, 6.07) is 13.6. The fourth-order valence-electron chi connectivity index (χ4n) is 3.31. The molecule has 0 aliphatic heterocycles. The van der Waals surface area contributed by atoms with Crippen LogP contribution in [0.1, 0.15) is 33.5 Å². The van der Waals surface area contributed by atoms with Gasteiger partial charge in [0.1, 0.15) is 0 Å². The molecule has 0 spiro atoms. The third-order valence-corrected chi connectivity index (χ3v) is 5.49. The normalized spacial score (nSPS) is 11.2. The number of aromatic nitrogens is 2. The number of hydrogen-bond acceptors (Lipinski definition) is 4. The van der Waals surface area contributed by atoms with Gasteiger partial charge in [-0.25, -0.2) is 4.98 Å². The average molecular weight is 361 g/mol. The number of thiazole rings is 1. The van der Waals surface area contributed by atoms with Crippen molar-refractivity contribution in [2.24, 2.45) is 0 Å². The maximum absolute atomic E-state index is 13.1. The van der Waals surface area contributed by atoms with Gasteiger partial charge < -0.3 is 5.32 Å². The molecule has 0 unspecified atom stereocenters. The van der Waals surface area contributed by atoms with Crippen molar-refractivity contribution < 1.29 is 4.79 Å². The van der Waals surface area contributed by atoms with Gasteiger partial charge in [-0.3, -0.25) is 9.78 Å². The Morgan fingerprint density at radius 2 is 1.88 bits per heavy atom. The van der Waals surface area contributed by atoms with E-state index < -0.39 is 0 Å². The number of para-hydroxylation sites is 1. The molecule has 1 N–H and O–H groups in total. The minimum atomic E-state index is -0.101. The molecular weight excluding hydrogens is 342 g/mol. The van der Waals surface area contributed by atoms with Gasteiger partial charge in [0.15, 0.2) is 0 Å². The molecule has 4 nitrogen and oxygen atoms in total. The minimum Gasteiger partial charge on any atom is -0.322 e. The summed E-state index contributed by atoms with van der Waals surface area (Å²) in [7, 11) is 0. The molecule has 4 aromatic rings. The molecule has 0 radical (unpaired) electrons. The molecule has 0 aliphatic rings. The lowest BCUT2D eigenvalue weighted by Gasteiger charge is -2.14. The van der Waals surface area contributed by atoms with Crippen LogP contribution in [0.15, 0.2) is 42.5 Å². The lowest BCUT2D eigenvalue weighted by atomic mass is 9.99. The molecule has 2 aromatic heterocycles. The van der Waals surface area contributed by atoms with E-state index in [1.807, 2.05) is 56.3 Å². The van der Waals surface area contributed by atoms with Gasteiger partial charge in [0.05, 0.1) is 26.3 Å². The van der Waals surface area contributed by atoms with E-state index >= 15 is 0 Å². The van der Waals surface area contributed by atoms with E-state index in [0.717, 1.165) is 49.5 Å². The highest BCUT2D eigenvalue weighted by Gasteiger charge is 2.17. The summed E-state index contributed by atoms with van der Waals surface area (Å²) in [6.07, 6.45) is 0.795. The number of amides is 1. The molecular formula is C21H19N3OS. The molecule has 4 rings (SSSR count). The van der Waals surface area contributed by atoms with Crippen molar-refractivity contribution in [2.75, 3.05) is 5.32 Å². The zero-order valence-electron chi connectivity index (χ0n) is 15.0. The number of fused-ring (bicyclic) bond motifs is 2. The molecule has 1 amide bonds. The summed E-state index contributed by atoms with van der Waals surface area (Å²) in [4.78, 5) is 22.3. The van der Waals surface area contributed by atoms with E-state index in [4.69, 9.17) is 4.98 Å². The fourth-order valence-corrected chi connectivity index (χ4v) is 4.17. The van der Waals surface area contributed by atoms with Crippen molar-refractivity contribution in [3.8, 4) is 0 Å². The van der Waals surface area contributed by atoms with E-state index in [2.05, 4.69) is 17.2 Å². The molecule has 0 aliphatic carbocycles. The van der Waals surface area contributed by atoms with E-state index in [1.54, 1.807) is 11.3 Å². The number of rotatable bonds is 3. The SMILES string of the molecule is CCc1nc2ccccc2c(C(=O)Nc2ccc3nc(C)sc3c2)c1C. The summed E-state index contributed by atoms with van der Waals surface area (Å²) in [5, 5.41) is 4.96. The second kappa shape index (κ2) is 6.50. The largest absolute Gasteiger partial charge is 0.322 e. The first-order valence-corrected chi connectivity index (χ1v) is 9.45. The van der Waals surface area contributed by atoms with Crippen molar-refractivity contribution in [1.82, 2.24) is 9.97 Å². The van der Waals surface area contributed by atoms with E-state index in [-0.39, 0.29) is 5.91 Å². The van der Waals surface area contributed by atoms with Crippen LogP contribution in [-0.4, -0.2) is 15.9 Å². The first kappa shape index (κ1) is 16.7. The number of hydrogen-bond donors (Lipinski definition) is 1. The standard InChI is InChI=1S/C21H19N3OS/c1-4-16-12(2)20(15-7-5-6-8-17(15)24-16)21(25)23-14-9-10-18-19(11-14)26-13(3)22-18/h5-11H,4H2,1-3H3,(H,23,25). The Bertz CT molecular complexity index is 1150. The molecule has 130 valence electrons. The number of aryl methyl sites for hydroxylation is 2. The zero-order chi connectivity index (χ0) is 18.3. The molecule has 2 heterocycles. The maximum Gasteiger partial charge on any atom is 0.256 e. The monoisotopic (exact) mass is 361 g/mol. The van der Waals surface area contributed by atoms with E-state index in [0.29, 0.717) is 5.56 Å². The van der Waals surface area contributed by atoms with Gasteiger partial charge in [-0.05, 0) is 50.1 Å². The van der Waals surface area contributed by atoms with Crippen molar-refractivity contribution in [2.45, 2.75) is 27.2 Å². The molecule has 26 heavy (non-hydrogen) atoms. The molecule has 0 saturated carbocycles. The predicted molar refractivity (Wildman–Crippen MR) is 108 cm³/mol. The van der Waals surface area contributed by atoms with Gasteiger partial charge in [0.2, 0.25) is 0 Å². The van der Waals surface area contributed by atoms with Crippen molar-refractivity contribution in [1.29, 1.82) is 0 Å². The second-order valence-corrected chi connectivity index (χ2v) is 7.53. The smallest absolute Gasteiger partial charge is 0.256 e. The van der Waals surface area contributed by atoms with Gasteiger partial charge in [0, 0.05) is 16.8 Å². The van der Waals surface area contributed by atoms with Crippen LogP contribution in [0, 0.1) is 13.8 Å². The molecule has 5 heteroatoms. The Kier molecular flexibility index (Phi) is 4.17. The third kappa shape index (κ3) is 2.84. The molecule has 0 bridgehead atoms. The highest BCUT2D eigenvalue weighted by Crippen LogP contribution is 2.27. The van der Waals surface area contributed by atoms with Gasteiger partial charge in [-0.1, -0.05) is 25.1 Å². The highest BCUT2D eigenvalue weighted by molar-refractivity contribution is 7.18. The number of carbonyl (C=O) groups excluding carboxylic acids is 1. The third-order valence-electron chi connectivity index (χ3n) is 4.55. The minimum absolute atomic E-state index is 0.101.